The van der Waals surface area contributed by atoms with E-state index in [0.717, 1.165) is 52.2 Å². The normalized spacial score (nSPS) is 21.9. The number of ether oxygens (including phenoxy) is 3. The number of rotatable bonds is 10. The standard InChI is InChI=1S/C13H27NO3/c1-3-12(10-15-2)14-7-5-8-16-11-13-6-4-9-17-13/h12-14H,3-11H2,1-2H3. The second kappa shape index (κ2) is 9.83. The minimum absolute atomic E-state index is 0.347. The lowest BCUT2D eigenvalue weighted by Gasteiger charge is -2.16. The molecule has 2 atom stereocenters. The Labute approximate surface area is 105 Å². The predicted molar refractivity (Wildman–Crippen MR) is 68.4 cm³/mol. The first kappa shape index (κ1) is 14.9. The molecule has 102 valence electrons. The van der Waals surface area contributed by atoms with Gasteiger partial charge in [0.2, 0.25) is 0 Å². The number of hydrogen-bond donors (Lipinski definition) is 1. The average molecular weight is 245 g/mol. The van der Waals surface area contributed by atoms with Crippen molar-refractivity contribution in [3.8, 4) is 0 Å². The van der Waals surface area contributed by atoms with E-state index in [1.165, 1.54) is 6.42 Å². The van der Waals surface area contributed by atoms with Crippen LogP contribution in [0.2, 0.25) is 0 Å². The van der Waals surface area contributed by atoms with E-state index in [2.05, 4.69) is 12.2 Å². The van der Waals surface area contributed by atoms with E-state index >= 15 is 0 Å². The molecule has 4 nitrogen and oxygen atoms in total. The first-order valence-corrected chi connectivity index (χ1v) is 6.78. The van der Waals surface area contributed by atoms with Gasteiger partial charge in [-0.1, -0.05) is 6.92 Å². The van der Waals surface area contributed by atoms with Crippen LogP contribution in [0.1, 0.15) is 32.6 Å². The quantitative estimate of drug-likeness (QED) is 0.593. The van der Waals surface area contributed by atoms with Crippen molar-refractivity contribution in [3.05, 3.63) is 0 Å². The molecule has 1 fully saturated rings. The number of methoxy groups -OCH3 is 1. The van der Waals surface area contributed by atoms with E-state index < -0.39 is 0 Å². The Hall–Kier alpha value is -0.160. The molecule has 0 aromatic carbocycles. The van der Waals surface area contributed by atoms with Gasteiger partial charge in [-0.15, -0.1) is 0 Å². The molecule has 4 heteroatoms. The van der Waals surface area contributed by atoms with Crippen molar-refractivity contribution < 1.29 is 14.2 Å². The van der Waals surface area contributed by atoms with Crippen LogP contribution in [0.5, 0.6) is 0 Å². The van der Waals surface area contributed by atoms with Gasteiger partial charge in [-0.05, 0) is 32.2 Å². The number of nitrogens with one attached hydrogen (secondary N) is 1. The highest BCUT2D eigenvalue weighted by atomic mass is 16.5. The number of hydrogen-bond acceptors (Lipinski definition) is 4. The fraction of sp³-hybridized carbons (Fsp3) is 1.00. The Balaban J connectivity index is 1.86. The maximum absolute atomic E-state index is 5.60. The molecule has 0 aliphatic carbocycles. The molecule has 0 aromatic heterocycles. The van der Waals surface area contributed by atoms with Crippen molar-refractivity contribution >= 4 is 0 Å². The van der Waals surface area contributed by atoms with Gasteiger partial charge in [0.25, 0.3) is 0 Å². The van der Waals surface area contributed by atoms with Crippen LogP contribution in [0.4, 0.5) is 0 Å². The summed E-state index contributed by atoms with van der Waals surface area (Å²) >= 11 is 0. The maximum Gasteiger partial charge on any atom is 0.0809 e. The largest absolute Gasteiger partial charge is 0.383 e. The molecule has 0 spiro atoms. The smallest absolute Gasteiger partial charge is 0.0809 e. The van der Waals surface area contributed by atoms with Crippen LogP contribution in [0, 0.1) is 0 Å². The van der Waals surface area contributed by atoms with Crippen LogP contribution in [0.15, 0.2) is 0 Å². The zero-order chi connectivity index (χ0) is 12.3. The SMILES string of the molecule is CCC(COC)NCCCOCC1CCCO1. The summed E-state index contributed by atoms with van der Waals surface area (Å²) in [7, 11) is 1.75. The summed E-state index contributed by atoms with van der Waals surface area (Å²) < 4.78 is 16.2. The van der Waals surface area contributed by atoms with Crippen molar-refractivity contribution in [3.63, 3.8) is 0 Å². The van der Waals surface area contributed by atoms with Crippen molar-refractivity contribution in [2.45, 2.75) is 44.8 Å². The molecule has 1 N–H and O–H groups in total. The van der Waals surface area contributed by atoms with E-state index in [1.807, 2.05) is 0 Å². The Morgan fingerprint density at radius 3 is 3.00 bits per heavy atom. The summed E-state index contributed by atoms with van der Waals surface area (Å²) in [6, 6.07) is 0.471. The van der Waals surface area contributed by atoms with E-state index in [-0.39, 0.29) is 0 Å². The average Bonchev–Trinajstić information content (AvgIpc) is 2.85. The Morgan fingerprint density at radius 1 is 1.47 bits per heavy atom. The molecule has 1 aliphatic heterocycles. The second-order valence-electron chi connectivity index (χ2n) is 4.58. The van der Waals surface area contributed by atoms with Crippen LogP contribution in [0.25, 0.3) is 0 Å². The van der Waals surface area contributed by atoms with Gasteiger partial charge in [0, 0.05) is 26.4 Å². The predicted octanol–water partition coefficient (Wildman–Crippen LogP) is 1.59. The van der Waals surface area contributed by atoms with Gasteiger partial charge >= 0.3 is 0 Å². The molecule has 1 heterocycles. The monoisotopic (exact) mass is 245 g/mol. The van der Waals surface area contributed by atoms with Crippen LogP contribution in [0.3, 0.4) is 0 Å². The summed E-state index contributed by atoms with van der Waals surface area (Å²) in [5.41, 5.74) is 0. The molecule has 0 aromatic rings. The molecule has 1 rings (SSSR count). The highest BCUT2D eigenvalue weighted by Crippen LogP contribution is 2.11. The van der Waals surface area contributed by atoms with Crippen LogP contribution in [-0.4, -0.2) is 52.2 Å². The summed E-state index contributed by atoms with van der Waals surface area (Å²) in [4.78, 5) is 0. The molecule has 1 saturated heterocycles. The van der Waals surface area contributed by atoms with E-state index in [4.69, 9.17) is 14.2 Å². The van der Waals surface area contributed by atoms with Crippen molar-refractivity contribution in [2.24, 2.45) is 0 Å². The van der Waals surface area contributed by atoms with Gasteiger partial charge in [-0.2, -0.15) is 0 Å². The Morgan fingerprint density at radius 2 is 2.35 bits per heavy atom. The lowest BCUT2D eigenvalue weighted by molar-refractivity contribution is 0.0164. The zero-order valence-corrected chi connectivity index (χ0v) is 11.2. The minimum atomic E-state index is 0.347. The van der Waals surface area contributed by atoms with E-state index in [9.17, 15) is 0 Å². The lowest BCUT2D eigenvalue weighted by Crippen LogP contribution is -2.33. The topological polar surface area (TPSA) is 39.7 Å². The van der Waals surface area contributed by atoms with Gasteiger partial charge in [0.05, 0.1) is 19.3 Å². The van der Waals surface area contributed by atoms with Gasteiger partial charge in [0.15, 0.2) is 0 Å². The third kappa shape index (κ3) is 6.99. The molecule has 0 bridgehead atoms. The summed E-state index contributed by atoms with van der Waals surface area (Å²) in [6.07, 6.45) is 4.84. The molecular weight excluding hydrogens is 218 g/mol. The van der Waals surface area contributed by atoms with E-state index in [0.29, 0.717) is 12.1 Å². The first-order valence-electron chi connectivity index (χ1n) is 6.78. The minimum Gasteiger partial charge on any atom is -0.383 e. The van der Waals surface area contributed by atoms with Crippen LogP contribution < -0.4 is 5.32 Å². The Kier molecular flexibility index (Phi) is 8.61. The summed E-state index contributed by atoms with van der Waals surface area (Å²) in [6.45, 7) is 6.43. The van der Waals surface area contributed by atoms with Crippen molar-refractivity contribution in [1.82, 2.24) is 5.32 Å². The third-order valence-corrected chi connectivity index (χ3v) is 3.09. The summed E-state index contributed by atoms with van der Waals surface area (Å²) in [5, 5.41) is 3.46. The Bertz CT molecular complexity index is 172. The molecule has 17 heavy (non-hydrogen) atoms. The van der Waals surface area contributed by atoms with Crippen molar-refractivity contribution in [2.75, 3.05) is 40.1 Å². The van der Waals surface area contributed by atoms with Gasteiger partial charge in [-0.25, -0.2) is 0 Å². The van der Waals surface area contributed by atoms with Crippen molar-refractivity contribution in [1.29, 1.82) is 0 Å². The molecule has 0 radical (unpaired) electrons. The molecule has 1 aliphatic rings. The zero-order valence-electron chi connectivity index (χ0n) is 11.2. The molecule has 0 amide bonds. The fourth-order valence-electron chi connectivity index (χ4n) is 1.99. The molecule has 0 saturated carbocycles. The highest BCUT2D eigenvalue weighted by Gasteiger charge is 2.14. The fourth-order valence-corrected chi connectivity index (χ4v) is 1.99. The third-order valence-electron chi connectivity index (χ3n) is 3.09. The second-order valence-corrected chi connectivity index (χ2v) is 4.58. The first-order chi connectivity index (χ1) is 8.36. The van der Waals surface area contributed by atoms with Gasteiger partial charge < -0.3 is 19.5 Å². The maximum atomic E-state index is 5.60. The highest BCUT2D eigenvalue weighted by molar-refractivity contribution is 4.64. The van der Waals surface area contributed by atoms with E-state index in [1.54, 1.807) is 7.11 Å². The van der Waals surface area contributed by atoms with Crippen LogP contribution >= 0.6 is 0 Å². The van der Waals surface area contributed by atoms with Crippen LogP contribution in [-0.2, 0) is 14.2 Å². The molecular formula is C13H27NO3. The van der Waals surface area contributed by atoms with Gasteiger partial charge in [0.1, 0.15) is 0 Å². The molecule has 2 unspecified atom stereocenters. The van der Waals surface area contributed by atoms with Gasteiger partial charge in [-0.3, -0.25) is 0 Å². The lowest BCUT2D eigenvalue weighted by atomic mass is 10.2. The summed E-state index contributed by atoms with van der Waals surface area (Å²) in [5.74, 6) is 0.